The summed E-state index contributed by atoms with van der Waals surface area (Å²) in [5, 5.41) is 8.02. The molecular formula is C21H21N3O3S. The molecule has 0 saturated carbocycles. The number of nitrogens with zero attached hydrogens (tertiary/aromatic N) is 1. The van der Waals surface area contributed by atoms with Gasteiger partial charge in [-0.25, -0.2) is 4.98 Å². The summed E-state index contributed by atoms with van der Waals surface area (Å²) in [5.74, 6) is 0.302. The van der Waals surface area contributed by atoms with Gasteiger partial charge in [0.15, 0.2) is 5.13 Å². The number of hydrogen-bond acceptors (Lipinski definition) is 5. The zero-order valence-corrected chi connectivity index (χ0v) is 16.5. The van der Waals surface area contributed by atoms with Crippen LogP contribution in [0.25, 0.3) is 0 Å². The Labute approximate surface area is 167 Å². The molecule has 2 N–H and O–H groups in total. The molecule has 0 fully saturated rings. The summed E-state index contributed by atoms with van der Waals surface area (Å²) >= 11 is 1.34. The third-order valence-corrected chi connectivity index (χ3v) is 4.85. The molecule has 0 aliphatic heterocycles. The molecule has 0 atom stereocenters. The van der Waals surface area contributed by atoms with E-state index in [9.17, 15) is 9.59 Å². The normalized spacial score (nSPS) is 10.4. The van der Waals surface area contributed by atoms with E-state index in [1.165, 1.54) is 11.3 Å². The molecule has 1 heterocycles. The highest BCUT2D eigenvalue weighted by Gasteiger charge is 2.11. The molecule has 144 valence electrons. The first-order valence-corrected chi connectivity index (χ1v) is 9.68. The van der Waals surface area contributed by atoms with E-state index in [0.717, 1.165) is 11.3 Å². The van der Waals surface area contributed by atoms with E-state index in [2.05, 4.69) is 15.6 Å². The van der Waals surface area contributed by atoms with Gasteiger partial charge in [0.05, 0.1) is 18.5 Å². The number of anilines is 2. The summed E-state index contributed by atoms with van der Waals surface area (Å²) in [6.45, 7) is 1.95. The quantitative estimate of drug-likeness (QED) is 0.626. The summed E-state index contributed by atoms with van der Waals surface area (Å²) in [6.07, 6.45) is 0.768. The van der Waals surface area contributed by atoms with E-state index in [4.69, 9.17) is 4.74 Å². The van der Waals surface area contributed by atoms with Gasteiger partial charge in [-0.1, -0.05) is 24.3 Å². The Morgan fingerprint density at radius 2 is 1.89 bits per heavy atom. The number of nitrogens with one attached hydrogen (secondary N) is 2. The molecule has 0 aliphatic rings. The van der Waals surface area contributed by atoms with Gasteiger partial charge in [-0.15, -0.1) is 11.3 Å². The van der Waals surface area contributed by atoms with Gasteiger partial charge in [0.2, 0.25) is 5.91 Å². The Balaban J connectivity index is 1.54. The van der Waals surface area contributed by atoms with Crippen molar-refractivity contribution in [1.29, 1.82) is 0 Å². The molecule has 6 nitrogen and oxygen atoms in total. The number of rotatable bonds is 7. The summed E-state index contributed by atoms with van der Waals surface area (Å²) in [7, 11) is 1.57. The molecule has 0 aliphatic carbocycles. The van der Waals surface area contributed by atoms with Crippen LogP contribution in [0.1, 0.15) is 28.0 Å². The number of thiazole rings is 1. The minimum Gasteiger partial charge on any atom is -0.495 e. The Bertz CT molecular complexity index is 970. The topological polar surface area (TPSA) is 80.3 Å². The third-order valence-electron chi connectivity index (χ3n) is 4.05. The van der Waals surface area contributed by atoms with Gasteiger partial charge in [0, 0.05) is 17.4 Å². The second-order valence-corrected chi connectivity index (χ2v) is 7.07. The van der Waals surface area contributed by atoms with Crippen LogP contribution in [0.4, 0.5) is 10.8 Å². The lowest BCUT2D eigenvalue weighted by Gasteiger charge is -2.10. The minimum absolute atomic E-state index is 0.119. The molecule has 1 aromatic heterocycles. The van der Waals surface area contributed by atoms with E-state index in [1.54, 1.807) is 19.2 Å². The lowest BCUT2D eigenvalue weighted by atomic mass is 10.2. The van der Waals surface area contributed by atoms with Crippen molar-refractivity contribution < 1.29 is 14.3 Å². The molecule has 0 unspecified atom stereocenters. The van der Waals surface area contributed by atoms with Crippen molar-refractivity contribution in [3.8, 4) is 5.75 Å². The monoisotopic (exact) mass is 395 g/mol. The zero-order chi connectivity index (χ0) is 19.9. The largest absolute Gasteiger partial charge is 0.495 e. The first kappa shape index (κ1) is 19.6. The number of benzene rings is 2. The van der Waals surface area contributed by atoms with Crippen LogP contribution in [-0.2, 0) is 11.2 Å². The number of carbonyl (C=O) groups excluding carboxylic acids is 2. The fourth-order valence-electron chi connectivity index (χ4n) is 2.61. The number of methoxy groups -OCH3 is 1. The first-order valence-electron chi connectivity index (χ1n) is 8.80. The van der Waals surface area contributed by atoms with E-state index in [-0.39, 0.29) is 18.2 Å². The van der Waals surface area contributed by atoms with Gasteiger partial charge in [0.1, 0.15) is 5.75 Å². The number of aromatic nitrogens is 1. The third kappa shape index (κ3) is 5.17. The molecule has 3 rings (SSSR count). The summed E-state index contributed by atoms with van der Waals surface area (Å²) in [6, 6.07) is 14.6. The van der Waals surface area contributed by atoms with Gasteiger partial charge in [0.25, 0.3) is 5.91 Å². The van der Waals surface area contributed by atoms with Crippen LogP contribution in [0.15, 0.2) is 53.9 Å². The predicted molar refractivity (Wildman–Crippen MR) is 111 cm³/mol. The molecule has 0 spiro atoms. The van der Waals surface area contributed by atoms with Gasteiger partial charge < -0.3 is 10.1 Å². The van der Waals surface area contributed by atoms with Gasteiger partial charge in [-0.2, -0.15) is 0 Å². The molecule has 0 bridgehead atoms. The zero-order valence-electron chi connectivity index (χ0n) is 15.7. The van der Waals surface area contributed by atoms with E-state index < -0.39 is 0 Å². The van der Waals surface area contributed by atoms with E-state index >= 15 is 0 Å². The Hall–Kier alpha value is -3.19. The standard InChI is InChI=1S/C21H21N3O3S/c1-14-8-10-18(27-2)17(12-14)23-19(25)11-9-16-13-28-21(22-16)24-20(26)15-6-4-3-5-7-15/h3-8,10,12-13H,9,11H2,1-2H3,(H,23,25)(H,22,24,26). The maximum absolute atomic E-state index is 12.3. The highest BCUT2D eigenvalue weighted by molar-refractivity contribution is 7.14. The minimum atomic E-state index is -0.203. The Morgan fingerprint density at radius 1 is 1.11 bits per heavy atom. The first-order chi connectivity index (χ1) is 13.5. The maximum atomic E-state index is 12.3. The van der Waals surface area contributed by atoms with Crippen LogP contribution in [-0.4, -0.2) is 23.9 Å². The van der Waals surface area contributed by atoms with Crippen LogP contribution >= 0.6 is 11.3 Å². The van der Waals surface area contributed by atoms with Crippen molar-refractivity contribution in [3.63, 3.8) is 0 Å². The van der Waals surface area contributed by atoms with Crippen LogP contribution in [0.5, 0.6) is 5.75 Å². The second-order valence-electron chi connectivity index (χ2n) is 6.22. The number of hydrogen-bond donors (Lipinski definition) is 2. The van der Waals surface area contributed by atoms with E-state index in [1.807, 2.05) is 48.7 Å². The SMILES string of the molecule is COc1ccc(C)cc1NC(=O)CCc1csc(NC(=O)c2ccccc2)n1. The predicted octanol–water partition coefficient (Wildman–Crippen LogP) is 4.28. The molecule has 0 saturated heterocycles. The van der Waals surface area contributed by atoms with E-state index in [0.29, 0.717) is 28.6 Å². The highest BCUT2D eigenvalue weighted by atomic mass is 32.1. The maximum Gasteiger partial charge on any atom is 0.257 e. The van der Waals surface area contributed by atoms with Crippen LogP contribution < -0.4 is 15.4 Å². The molecule has 7 heteroatoms. The van der Waals surface area contributed by atoms with Crippen molar-refractivity contribution in [1.82, 2.24) is 4.98 Å². The van der Waals surface area contributed by atoms with Crippen molar-refractivity contribution in [2.24, 2.45) is 0 Å². The molecule has 2 aromatic carbocycles. The fourth-order valence-corrected chi connectivity index (χ4v) is 3.35. The number of amides is 2. The van der Waals surface area contributed by atoms with Crippen LogP contribution in [0, 0.1) is 6.92 Å². The molecule has 28 heavy (non-hydrogen) atoms. The van der Waals surface area contributed by atoms with Gasteiger partial charge >= 0.3 is 0 Å². The van der Waals surface area contributed by atoms with Crippen LogP contribution in [0.2, 0.25) is 0 Å². The summed E-state index contributed by atoms with van der Waals surface area (Å²) in [5.41, 5.74) is 3.03. The Kier molecular flexibility index (Phi) is 6.39. The lowest BCUT2D eigenvalue weighted by molar-refractivity contribution is -0.116. The number of aryl methyl sites for hydroxylation is 2. The van der Waals surface area contributed by atoms with Crippen LogP contribution in [0.3, 0.4) is 0 Å². The van der Waals surface area contributed by atoms with Crippen molar-refractivity contribution in [3.05, 3.63) is 70.7 Å². The van der Waals surface area contributed by atoms with Crippen molar-refractivity contribution >= 4 is 34.0 Å². The summed E-state index contributed by atoms with van der Waals surface area (Å²) < 4.78 is 5.28. The number of ether oxygens (including phenoxy) is 1. The molecule has 2 amide bonds. The van der Waals surface area contributed by atoms with Crippen molar-refractivity contribution in [2.45, 2.75) is 19.8 Å². The summed E-state index contributed by atoms with van der Waals surface area (Å²) in [4.78, 5) is 28.8. The Morgan fingerprint density at radius 3 is 2.64 bits per heavy atom. The molecular weight excluding hydrogens is 374 g/mol. The fraction of sp³-hybridized carbons (Fsp3) is 0.190. The molecule has 3 aromatic rings. The second kappa shape index (κ2) is 9.14. The van der Waals surface area contributed by atoms with Gasteiger partial charge in [-0.05, 0) is 43.2 Å². The average molecular weight is 395 g/mol. The lowest BCUT2D eigenvalue weighted by Crippen LogP contribution is -2.13. The van der Waals surface area contributed by atoms with Crippen molar-refractivity contribution in [2.75, 3.05) is 17.7 Å². The van der Waals surface area contributed by atoms with Gasteiger partial charge in [-0.3, -0.25) is 14.9 Å². The molecule has 0 radical (unpaired) electrons. The average Bonchev–Trinajstić information content (AvgIpc) is 3.14. The highest BCUT2D eigenvalue weighted by Crippen LogP contribution is 2.25. The number of carbonyl (C=O) groups is 2. The smallest absolute Gasteiger partial charge is 0.257 e.